The first-order chi connectivity index (χ1) is 21.8. The van der Waals surface area contributed by atoms with Gasteiger partial charge in [0.1, 0.15) is 22.3 Å². The number of para-hydroxylation sites is 1. The van der Waals surface area contributed by atoms with Crippen LogP contribution >= 0.6 is 11.3 Å². The zero-order valence-electron chi connectivity index (χ0n) is 23.3. The fourth-order valence-electron chi connectivity index (χ4n) is 6.64. The molecule has 10 aromatic rings. The molecule has 206 valence electrons. The summed E-state index contributed by atoms with van der Waals surface area (Å²) in [5.74, 6) is 0. The number of rotatable bonds is 3. The molecule has 0 radical (unpaired) electrons. The van der Waals surface area contributed by atoms with Gasteiger partial charge < -0.3 is 13.7 Å². The van der Waals surface area contributed by atoms with E-state index in [0.717, 1.165) is 71.8 Å². The number of hydrogen-bond acceptors (Lipinski definition) is 5. The lowest BCUT2D eigenvalue weighted by molar-refractivity contribution is 0.669. The van der Waals surface area contributed by atoms with Crippen molar-refractivity contribution < 1.29 is 8.83 Å². The molecule has 0 saturated carbocycles. The molecular weight excluding hydrogens is 561 g/mol. The van der Waals surface area contributed by atoms with Crippen LogP contribution in [0.4, 0.5) is 17.1 Å². The van der Waals surface area contributed by atoms with Crippen LogP contribution in [-0.2, 0) is 0 Å². The second-order valence-electron chi connectivity index (χ2n) is 11.2. The molecule has 0 saturated heterocycles. The van der Waals surface area contributed by atoms with Crippen molar-refractivity contribution in [3.63, 3.8) is 0 Å². The number of benzene rings is 6. The summed E-state index contributed by atoms with van der Waals surface area (Å²) in [7, 11) is 0. The summed E-state index contributed by atoms with van der Waals surface area (Å²) in [6, 6.07) is 44.6. The highest BCUT2D eigenvalue weighted by Gasteiger charge is 2.20. The van der Waals surface area contributed by atoms with Gasteiger partial charge in [-0.25, -0.2) is 4.98 Å². The van der Waals surface area contributed by atoms with E-state index in [4.69, 9.17) is 13.8 Å². The molecule has 0 N–H and O–H groups in total. The van der Waals surface area contributed by atoms with E-state index in [2.05, 4.69) is 114 Å². The third-order valence-electron chi connectivity index (χ3n) is 8.68. The van der Waals surface area contributed by atoms with Crippen molar-refractivity contribution in [3.8, 4) is 0 Å². The van der Waals surface area contributed by atoms with E-state index in [1.165, 1.54) is 20.2 Å². The highest BCUT2D eigenvalue weighted by Crippen LogP contribution is 2.43. The number of furan rings is 2. The molecule has 4 heterocycles. The van der Waals surface area contributed by atoms with E-state index in [0.29, 0.717) is 0 Å². The molecule has 5 heteroatoms. The molecule has 0 atom stereocenters. The Morgan fingerprint density at radius 1 is 0.477 bits per heavy atom. The Kier molecular flexibility index (Phi) is 4.84. The highest BCUT2D eigenvalue weighted by atomic mass is 32.1. The minimum absolute atomic E-state index is 0.756. The van der Waals surface area contributed by atoms with Crippen LogP contribution in [0.1, 0.15) is 0 Å². The monoisotopic (exact) mass is 582 g/mol. The maximum absolute atomic E-state index is 6.54. The molecule has 44 heavy (non-hydrogen) atoms. The topological polar surface area (TPSA) is 42.4 Å². The van der Waals surface area contributed by atoms with Crippen LogP contribution in [0, 0.1) is 0 Å². The van der Waals surface area contributed by atoms with E-state index in [1.807, 2.05) is 35.7 Å². The zero-order valence-corrected chi connectivity index (χ0v) is 24.1. The Labute approximate surface area is 255 Å². The minimum atomic E-state index is 0.756. The Balaban J connectivity index is 1.21. The Bertz CT molecular complexity index is 2640. The van der Waals surface area contributed by atoms with Gasteiger partial charge >= 0.3 is 0 Å². The molecule has 10 rings (SSSR count). The largest absolute Gasteiger partial charge is 0.456 e. The molecule has 0 fully saturated rings. The summed E-state index contributed by atoms with van der Waals surface area (Å²) in [6.07, 6.45) is 1.95. The maximum Gasteiger partial charge on any atom is 0.155 e. The zero-order chi connectivity index (χ0) is 28.8. The molecule has 0 bridgehead atoms. The number of pyridine rings is 1. The van der Waals surface area contributed by atoms with E-state index < -0.39 is 0 Å². The number of fused-ring (bicyclic) bond motifs is 11. The fourth-order valence-corrected chi connectivity index (χ4v) is 7.78. The molecule has 0 aliphatic rings. The second kappa shape index (κ2) is 8.93. The highest BCUT2D eigenvalue weighted by molar-refractivity contribution is 7.25. The first-order valence-corrected chi connectivity index (χ1v) is 15.4. The number of anilines is 3. The molecule has 0 aliphatic carbocycles. The van der Waals surface area contributed by atoms with Crippen molar-refractivity contribution >= 4 is 103 Å². The first-order valence-electron chi connectivity index (χ1n) is 14.6. The quantitative estimate of drug-likeness (QED) is 0.208. The van der Waals surface area contributed by atoms with Gasteiger partial charge in [-0.1, -0.05) is 72.8 Å². The van der Waals surface area contributed by atoms with Crippen molar-refractivity contribution in [2.45, 2.75) is 0 Å². The van der Waals surface area contributed by atoms with Crippen molar-refractivity contribution in [2.75, 3.05) is 4.90 Å². The lowest BCUT2D eigenvalue weighted by Crippen LogP contribution is -2.10. The lowest BCUT2D eigenvalue weighted by Gasteiger charge is -2.25. The normalized spacial score (nSPS) is 12.1. The van der Waals surface area contributed by atoms with Crippen molar-refractivity contribution in [1.82, 2.24) is 4.98 Å². The number of thiophene rings is 1. The van der Waals surface area contributed by atoms with Crippen LogP contribution in [0.15, 0.2) is 142 Å². The maximum atomic E-state index is 6.54. The molecule has 6 aromatic carbocycles. The van der Waals surface area contributed by atoms with Gasteiger partial charge in [0.2, 0.25) is 0 Å². The Morgan fingerprint density at radius 3 is 2.09 bits per heavy atom. The molecule has 4 aromatic heterocycles. The smallest absolute Gasteiger partial charge is 0.155 e. The van der Waals surface area contributed by atoms with Gasteiger partial charge in [-0.3, -0.25) is 0 Å². The Hall–Kier alpha value is -5.65. The van der Waals surface area contributed by atoms with Gasteiger partial charge in [0.25, 0.3) is 0 Å². The van der Waals surface area contributed by atoms with E-state index in [9.17, 15) is 0 Å². The van der Waals surface area contributed by atoms with Crippen LogP contribution in [-0.4, -0.2) is 4.98 Å². The molecule has 4 nitrogen and oxygen atoms in total. The lowest BCUT2D eigenvalue weighted by atomic mass is 10.1. The van der Waals surface area contributed by atoms with Crippen LogP contribution in [0.3, 0.4) is 0 Å². The van der Waals surface area contributed by atoms with Crippen LogP contribution in [0.5, 0.6) is 0 Å². The molecule has 0 unspecified atom stereocenters. The first kappa shape index (κ1) is 23.9. The van der Waals surface area contributed by atoms with E-state index in [1.54, 1.807) is 0 Å². The van der Waals surface area contributed by atoms with Crippen LogP contribution in [0.2, 0.25) is 0 Å². The average Bonchev–Trinajstić information content (AvgIpc) is 3.75. The third-order valence-corrected chi connectivity index (χ3v) is 9.82. The minimum Gasteiger partial charge on any atom is -0.456 e. The van der Waals surface area contributed by atoms with Gasteiger partial charge in [0, 0.05) is 65.2 Å². The molecular formula is C39H22N2O2S. The van der Waals surface area contributed by atoms with Crippen LogP contribution < -0.4 is 4.90 Å². The van der Waals surface area contributed by atoms with Gasteiger partial charge in [-0.15, -0.1) is 11.3 Å². The number of aromatic nitrogens is 1. The van der Waals surface area contributed by atoms with Crippen molar-refractivity contribution in [2.24, 2.45) is 0 Å². The molecule has 0 spiro atoms. The number of nitrogens with zero attached hydrogens (tertiary/aromatic N) is 2. The summed E-state index contributed by atoms with van der Waals surface area (Å²) in [6.45, 7) is 0. The number of hydrogen-bond donors (Lipinski definition) is 0. The fraction of sp³-hybridized carbons (Fsp3) is 0. The summed E-state index contributed by atoms with van der Waals surface area (Å²) in [5, 5.41) is 8.02. The SMILES string of the molecule is c1ccc2c(c1)ccc1c3ncc(N(c4ccc5c(c4)oc4ccccc45)c4ccc5c(c4)sc4ccccc45)cc3oc21. The van der Waals surface area contributed by atoms with Gasteiger partial charge in [-0.05, 0) is 47.9 Å². The molecule has 0 aliphatic heterocycles. The van der Waals surface area contributed by atoms with Gasteiger partial charge in [0.15, 0.2) is 5.58 Å². The summed E-state index contributed by atoms with van der Waals surface area (Å²) < 4.78 is 15.4. The second-order valence-corrected chi connectivity index (χ2v) is 12.3. The predicted molar refractivity (Wildman–Crippen MR) is 184 cm³/mol. The standard InChI is InChI=1S/C39H22N2O2S/c1-2-8-27-23(7-1)13-16-32-38-35(43-39(27)32)20-26(22-40-38)41(24-14-17-29-28-9-3-5-11-33(28)42-34(29)19-24)25-15-18-31-30-10-4-6-12-36(30)44-37(31)21-25/h1-22H. The van der Waals surface area contributed by atoms with Gasteiger partial charge in [0.05, 0.1) is 11.9 Å². The van der Waals surface area contributed by atoms with E-state index >= 15 is 0 Å². The van der Waals surface area contributed by atoms with Crippen LogP contribution in [0.25, 0.3) is 75.0 Å². The average molecular weight is 583 g/mol. The third kappa shape index (κ3) is 3.41. The molecule has 0 amide bonds. The van der Waals surface area contributed by atoms with E-state index in [-0.39, 0.29) is 0 Å². The van der Waals surface area contributed by atoms with Crippen molar-refractivity contribution in [3.05, 3.63) is 134 Å². The summed E-state index contributed by atoms with van der Waals surface area (Å²) >= 11 is 1.82. The summed E-state index contributed by atoms with van der Waals surface area (Å²) in [5.41, 5.74) is 7.16. The Morgan fingerprint density at radius 2 is 1.16 bits per heavy atom. The summed E-state index contributed by atoms with van der Waals surface area (Å²) in [4.78, 5) is 7.23. The predicted octanol–water partition coefficient (Wildman–Crippen LogP) is 11.9. The van der Waals surface area contributed by atoms with Crippen molar-refractivity contribution in [1.29, 1.82) is 0 Å². The van der Waals surface area contributed by atoms with Gasteiger partial charge in [-0.2, -0.15) is 0 Å².